The number of hydrogen-bond acceptors (Lipinski definition) is 9. The highest BCUT2D eigenvalue weighted by Gasteiger charge is 2.29. The van der Waals surface area contributed by atoms with E-state index >= 15 is 0 Å². The number of benzene rings is 1. The Morgan fingerprint density at radius 3 is 2.74 bits per heavy atom. The van der Waals surface area contributed by atoms with Gasteiger partial charge in [-0.3, -0.25) is 5.10 Å². The summed E-state index contributed by atoms with van der Waals surface area (Å²) in [5.41, 5.74) is 4.06. The molecule has 0 spiro atoms. The molecule has 2 aliphatic heterocycles. The molecule has 0 saturated carbocycles. The number of fused-ring (bicyclic) bond motifs is 1. The maximum absolute atomic E-state index is 5.46. The average molecular weight is 470 g/mol. The van der Waals surface area contributed by atoms with Crippen LogP contribution < -0.4 is 15.1 Å². The third-order valence-electron chi connectivity index (χ3n) is 6.51. The Bertz CT molecular complexity index is 1300. The summed E-state index contributed by atoms with van der Waals surface area (Å²) in [6, 6.07) is 14.3. The summed E-state index contributed by atoms with van der Waals surface area (Å²) >= 11 is 0. The smallest absolute Gasteiger partial charge is 0.228 e. The van der Waals surface area contributed by atoms with Crippen LogP contribution in [0.2, 0.25) is 0 Å². The highest BCUT2D eigenvalue weighted by atomic mass is 16.5. The highest BCUT2D eigenvalue weighted by Crippen LogP contribution is 2.33. The molecule has 0 unspecified atom stereocenters. The maximum Gasteiger partial charge on any atom is 0.228 e. The van der Waals surface area contributed by atoms with Gasteiger partial charge in [-0.25, -0.2) is 15.0 Å². The molecule has 0 aliphatic carbocycles. The molecule has 4 aromatic rings. The third kappa shape index (κ3) is 4.28. The Hall–Kier alpha value is -4.05. The molecule has 1 saturated heterocycles. The number of aromatic amines is 1. The molecule has 10 heteroatoms. The van der Waals surface area contributed by atoms with Crippen molar-refractivity contribution in [1.29, 1.82) is 0 Å². The van der Waals surface area contributed by atoms with Gasteiger partial charge in [0, 0.05) is 43.2 Å². The average Bonchev–Trinajstić information content (AvgIpc) is 3.63. The summed E-state index contributed by atoms with van der Waals surface area (Å²) in [5, 5.41) is 11.2. The van der Waals surface area contributed by atoms with Crippen LogP contribution in [0.4, 0.5) is 23.5 Å². The van der Waals surface area contributed by atoms with Gasteiger partial charge >= 0.3 is 0 Å². The van der Waals surface area contributed by atoms with Crippen molar-refractivity contribution in [3.63, 3.8) is 0 Å². The zero-order valence-electron chi connectivity index (χ0n) is 19.6. The largest absolute Gasteiger partial charge is 0.383 e. The zero-order valence-corrected chi connectivity index (χ0v) is 19.6. The van der Waals surface area contributed by atoms with Gasteiger partial charge in [0.25, 0.3) is 0 Å². The molecule has 1 atom stereocenters. The fourth-order valence-corrected chi connectivity index (χ4v) is 4.81. The van der Waals surface area contributed by atoms with Crippen molar-refractivity contribution in [2.24, 2.45) is 0 Å². The van der Waals surface area contributed by atoms with E-state index in [1.807, 2.05) is 30.3 Å². The number of H-pyrrole nitrogens is 1. The molecule has 0 radical (unpaired) electrons. The Labute approximate surface area is 203 Å². The van der Waals surface area contributed by atoms with Crippen LogP contribution in [0.3, 0.4) is 0 Å². The quantitative estimate of drug-likeness (QED) is 0.420. The van der Waals surface area contributed by atoms with Gasteiger partial charge in [0.2, 0.25) is 11.9 Å². The normalized spacial score (nSPS) is 17.1. The van der Waals surface area contributed by atoms with Gasteiger partial charge < -0.3 is 19.9 Å². The molecule has 35 heavy (non-hydrogen) atoms. The number of methoxy groups -OCH3 is 1. The van der Waals surface area contributed by atoms with E-state index in [-0.39, 0.29) is 6.04 Å². The van der Waals surface area contributed by atoms with Gasteiger partial charge in [0.1, 0.15) is 5.82 Å². The van der Waals surface area contributed by atoms with Crippen LogP contribution in [0, 0.1) is 0 Å². The summed E-state index contributed by atoms with van der Waals surface area (Å²) in [4.78, 5) is 23.0. The molecule has 0 bridgehead atoms. The van der Waals surface area contributed by atoms with Crippen LogP contribution in [0.15, 0.2) is 54.9 Å². The van der Waals surface area contributed by atoms with E-state index < -0.39 is 0 Å². The SMILES string of the molecule is COC[C@@H]1CCCN1c1nc(Nc2n[nH]c3c2CN(c2ncccn2)C3)cc(-c2ccccc2)n1. The first-order chi connectivity index (χ1) is 17.3. The summed E-state index contributed by atoms with van der Waals surface area (Å²) in [6.45, 7) is 2.93. The zero-order chi connectivity index (χ0) is 23.6. The van der Waals surface area contributed by atoms with Crippen LogP contribution in [0.25, 0.3) is 11.3 Å². The van der Waals surface area contributed by atoms with Crippen molar-refractivity contribution in [3.8, 4) is 11.3 Å². The van der Waals surface area contributed by atoms with E-state index in [4.69, 9.17) is 14.7 Å². The molecule has 2 aliphatic rings. The summed E-state index contributed by atoms with van der Waals surface area (Å²) in [7, 11) is 1.74. The molecule has 178 valence electrons. The van der Waals surface area contributed by atoms with E-state index in [2.05, 4.69) is 47.4 Å². The van der Waals surface area contributed by atoms with Crippen molar-refractivity contribution in [2.45, 2.75) is 32.0 Å². The number of nitrogens with zero attached hydrogens (tertiary/aromatic N) is 7. The summed E-state index contributed by atoms with van der Waals surface area (Å²) in [5.74, 6) is 2.88. The second-order valence-electron chi connectivity index (χ2n) is 8.81. The number of anilines is 4. The number of nitrogens with one attached hydrogen (secondary N) is 2. The lowest BCUT2D eigenvalue weighted by Crippen LogP contribution is -2.34. The molecule has 1 fully saturated rings. The molecule has 5 heterocycles. The second kappa shape index (κ2) is 9.30. The van der Waals surface area contributed by atoms with Crippen LogP contribution in [-0.2, 0) is 17.8 Å². The molecular formula is C25H27N9O. The first-order valence-electron chi connectivity index (χ1n) is 11.8. The summed E-state index contributed by atoms with van der Waals surface area (Å²) < 4.78 is 5.46. The van der Waals surface area contributed by atoms with Gasteiger partial charge in [-0.15, -0.1) is 0 Å². The minimum Gasteiger partial charge on any atom is -0.383 e. The molecule has 1 aromatic carbocycles. The number of aromatic nitrogens is 6. The fourth-order valence-electron chi connectivity index (χ4n) is 4.81. The fraction of sp³-hybridized carbons (Fsp3) is 0.320. The minimum atomic E-state index is 0.271. The number of ether oxygens (including phenoxy) is 1. The van der Waals surface area contributed by atoms with Crippen LogP contribution >= 0.6 is 0 Å². The Kier molecular flexibility index (Phi) is 5.71. The minimum absolute atomic E-state index is 0.271. The first kappa shape index (κ1) is 21.5. The Balaban J connectivity index is 1.32. The molecule has 3 aromatic heterocycles. The number of rotatable bonds is 7. The summed E-state index contributed by atoms with van der Waals surface area (Å²) in [6.07, 6.45) is 5.68. The van der Waals surface area contributed by atoms with E-state index in [0.717, 1.165) is 47.7 Å². The lowest BCUT2D eigenvalue weighted by molar-refractivity contribution is 0.180. The van der Waals surface area contributed by atoms with Gasteiger partial charge in [0.15, 0.2) is 5.82 Å². The molecule has 10 nitrogen and oxygen atoms in total. The second-order valence-corrected chi connectivity index (χ2v) is 8.81. The third-order valence-corrected chi connectivity index (χ3v) is 6.51. The topological polar surface area (TPSA) is 108 Å². The maximum atomic E-state index is 5.46. The van der Waals surface area contributed by atoms with Crippen molar-refractivity contribution >= 4 is 23.5 Å². The lowest BCUT2D eigenvalue weighted by atomic mass is 10.1. The molecular weight excluding hydrogens is 442 g/mol. The highest BCUT2D eigenvalue weighted by molar-refractivity contribution is 5.68. The van der Waals surface area contributed by atoms with Gasteiger partial charge in [-0.1, -0.05) is 30.3 Å². The monoisotopic (exact) mass is 469 g/mol. The standard InChI is InChI=1S/C25H27N9O/c1-35-16-18-9-5-12-34(18)25-28-20(17-7-3-2-4-8-17)13-22(30-25)29-23-19-14-33(15-21(19)31-32-23)24-26-10-6-11-27-24/h2-4,6-8,10-11,13,18H,5,9,12,14-16H2,1H3,(H2,28,29,30,31,32)/t18-/m0/s1. The molecule has 0 amide bonds. The predicted molar refractivity (Wildman–Crippen MR) is 134 cm³/mol. The van der Waals surface area contributed by atoms with Crippen molar-refractivity contribution in [1.82, 2.24) is 30.1 Å². The van der Waals surface area contributed by atoms with Crippen LogP contribution in [-0.4, -0.2) is 56.4 Å². The van der Waals surface area contributed by atoms with Crippen molar-refractivity contribution in [3.05, 3.63) is 66.1 Å². The van der Waals surface area contributed by atoms with E-state index in [1.54, 1.807) is 19.5 Å². The van der Waals surface area contributed by atoms with Crippen LogP contribution in [0.5, 0.6) is 0 Å². The lowest BCUT2D eigenvalue weighted by Gasteiger charge is -2.25. The predicted octanol–water partition coefficient (Wildman–Crippen LogP) is 3.54. The van der Waals surface area contributed by atoms with Gasteiger partial charge in [0.05, 0.1) is 37.1 Å². The van der Waals surface area contributed by atoms with E-state index in [0.29, 0.717) is 37.4 Å². The van der Waals surface area contributed by atoms with E-state index in [9.17, 15) is 0 Å². The molecule has 2 N–H and O–H groups in total. The molecule has 6 rings (SSSR count). The van der Waals surface area contributed by atoms with Gasteiger partial charge in [-0.05, 0) is 18.9 Å². The number of hydrogen-bond donors (Lipinski definition) is 2. The van der Waals surface area contributed by atoms with Crippen LogP contribution in [0.1, 0.15) is 24.1 Å². The first-order valence-corrected chi connectivity index (χ1v) is 11.8. The van der Waals surface area contributed by atoms with Gasteiger partial charge in [-0.2, -0.15) is 10.1 Å². The van der Waals surface area contributed by atoms with Crippen molar-refractivity contribution in [2.75, 3.05) is 35.4 Å². The van der Waals surface area contributed by atoms with E-state index in [1.165, 1.54) is 0 Å². The Morgan fingerprint density at radius 2 is 1.91 bits per heavy atom. The van der Waals surface area contributed by atoms with Crippen molar-refractivity contribution < 1.29 is 4.74 Å². The Morgan fingerprint density at radius 1 is 1.06 bits per heavy atom.